The molecule has 90 valence electrons. The molecule has 1 fully saturated rings. The molecule has 0 radical (unpaired) electrons. The lowest BCUT2D eigenvalue weighted by atomic mass is 10.1. The number of hydrogen-bond acceptors (Lipinski definition) is 3. The van der Waals surface area contributed by atoms with Crippen molar-refractivity contribution in [3.63, 3.8) is 0 Å². The van der Waals surface area contributed by atoms with Gasteiger partial charge < -0.3 is 4.90 Å². The number of halogens is 2. The normalized spacial score (nSPS) is 21.1. The summed E-state index contributed by atoms with van der Waals surface area (Å²) in [6, 6.07) is 4.55. The summed E-state index contributed by atoms with van der Waals surface area (Å²) < 4.78 is 27.2. The molecule has 0 spiro atoms. The van der Waals surface area contributed by atoms with Gasteiger partial charge in [-0.25, -0.2) is 13.8 Å². The molecule has 2 nitrogen and oxygen atoms in total. The maximum atomic E-state index is 13.3. The number of alkyl halides is 1. The number of benzene rings is 1. The fraction of sp³-hybridized carbons (Fsp3) is 0.417. The van der Waals surface area contributed by atoms with Crippen LogP contribution in [0.2, 0.25) is 0 Å². The first kappa shape index (κ1) is 10.9. The molecule has 2 heterocycles. The third-order valence-corrected chi connectivity index (χ3v) is 4.05. The highest BCUT2D eigenvalue weighted by atomic mass is 32.1. The van der Waals surface area contributed by atoms with Crippen LogP contribution in [0.25, 0.3) is 10.2 Å². The number of hydrogen-bond donors (Lipinski definition) is 0. The van der Waals surface area contributed by atoms with Crippen molar-refractivity contribution in [2.75, 3.05) is 18.0 Å². The van der Waals surface area contributed by atoms with Gasteiger partial charge in [-0.1, -0.05) is 11.3 Å². The maximum absolute atomic E-state index is 13.3. The second-order valence-electron chi connectivity index (χ2n) is 4.29. The Bertz CT molecular complexity index is 540. The smallest absolute Gasteiger partial charge is 0.186 e. The third kappa shape index (κ3) is 2.11. The number of fused-ring (bicyclic) bond motifs is 1. The lowest BCUT2D eigenvalue weighted by Gasteiger charge is -2.28. The van der Waals surface area contributed by atoms with Gasteiger partial charge in [-0.05, 0) is 31.0 Å². The molecule has 2 aromatic rings. The van der Waals surface area contributed by atoms with Crippen LogP contribution < -0.4 is 4.90 Å². The molecule has 0 bridgehead atoms. The Morgan fingerprint density at radius 2 is 2.29 bits per heavy atom. The summed E-state index contributed by atoms with van der Waals surface area (Å²) in [5.74, 6) is -0.255. The molecule has 0 saturated carbocycles. The summed E-state index contributed by atoms with van der Waals surface area (Å²) >= 11 is 1.43. The minimum absolute atomic E-state index is 0.255. The van der Waals surface area contributed by atoms with Crippen molar-refractivity contribution in [2.45, 2.75) is 19.0 Å². The Hall–Kier alpha value is -1.23. The Labute approximate surface area is 102 Å². The van der Waals surface area contributed by atoms with Gasteiger partial charge in [-0.2, -0.15) is 0 Å². The van der Waals surface area contributed by atoms with Gasteiger partial charge in [0.15, 0.2) is 5.13 Å². The van der Waals surface area contributed by atoms with E-state index in [1.807, 2.05) is 4.90 Å². The molecule has 1 saturated heterocycles. The molecule has 3 rings (SSSR count). The third-order valence-electron chi connectivity index (χ3n) is 2.97. The predicted molar refractivity (Wildman–Crippen MR) is 65.9 cm³/mol. The van der Waals surface area contributed by atoms with Gasteiger partial charge in [0.2, 0.25) is 0 Å². The zero-order valence-electron chi connectivity index (χ0n) is 9.20. The van der Waals surface area contributed by atoms with Gasteiger partial charge in [-0.15, -0.1) is 0 Å². The fourth-order valence-corrected chi connectivity index (χ4v) is 3.15. The Kier molecular flexibility index (Phi) is 2.70. The quantitative estimate of drug-likeness (QED) is 0.775. The standard InChI is InChI=1S/C12H12F2N2S/c13-8-3-4-10-11(6-8)17-12(15-10)16-5-1-2-9(14)7-16/h3-4,6,9H,1-2,5,7H2. The number of rotatable bonds is 1. The molecule has 0 aliphatic carbocycles. The molecule has 1 atom stereocenters. The topological polar surface area (TPSA) is 16.1 Å². The van der Waals surface area contributed by atoms with Crippen LogP contribution in [-0.4, -0.2) is 24.2 Å². The van der Waals surface area contributed by atoms with Gasteiger partial charge in [0, 0.05) is 6.54 Å². The largest absolute Gasteiger partial charge is 0.345 e. The van der Waals surface area contributed by atoms with Crippen molar-refractivity contribution in [1.82, 2.24) is 4.98 Å². The molecule has 1 aromatic carbocycles. The first-order valence-corrected chi connectivity index (χ1v) is 6.49. The summed E-state index contributed by atoms with van der Waals surface area (Å²) in [5, 5.41) is 0.799. The number of anilines is 1. The first-order valence-electron chi connectivity index (χ1n) is 5.67. The first-order chi connectivity index (χ1) is 8.22. The minimum atomic E-state index is -0.771. The molecular weight excluding hydrogens is 242 g/mol. The van der Waals surface area contributed by atoms with E-state index in [4.69, 9.17) is 0 Å². The average Bonchev–Trinajstić information content (AvgIpc) is 2.72. The van der Waals surface area contributed by atoms with Crippen molar-refractivity contribution >= 4 is 26.7 Å². The number of aromatic nitrogens is 1. The number of thiazole rings is 1. The van der Waals surface area contributed by atoms with E-state index in [9.17, 15) is 8.78 Å². The minimum Gasteiger partial charge on any atom is -0.345 e. The molecule has 1 aromatic heterocycles. The predicted octanol–water partition coefficient (Wildman–Crippen LogP) is 3.37. The highest BCUT2D eigenvalue weighted by Gasteiger charge is 2.21. The monoisotopic (exact) mass is 254 g/mol. The summed E-state index contributed by atoms with van der Waals surface area (Å²) in [7, 11) is 0. The van der Waals surface area contributed by atoms with E-state index in [-0.39, 0.29) is 5.82 Å². The van der Waals surface area contributed by atoms with E-state index in [0.29, 0.717) is 13.0 Å². The molecule has 1 aliphatic heterocycles. The van der Waals surface area contributed by atoms with Gasteiger partial charge in [0.25, 0.3) is 0 Å². The lowest BCUT2D eigenvalue weighted by molar-refractivity contribution is 0.287. The Balaban J connectivity index is 1.94. The van der Waals surface area contributed by atoms with Gasteiger partial charge in [0.1, 0.15) is 12.0 Å². The fourth-order valence-electron chi connectivity index (χ4n) is 2.12. The average molecular weight is 254 g/mol. The van der Waals surface area contributed by atoms with Crippen LogP contribution >= 0.6 is 11.3 Å². The molecule has 5 heteroatoms. The van der Waals surface area contributed by atoms with Crippen LogP contribution in [0.5, 0.6) is 0 Å². The van der Waals surface area contributed by atoms with Gasteiger partial charge in [-0.3, -0.25) is 0 Å². The Morgan fingerprint density at radius 3 is 3.12 bits per heavy atom. The van der Waals surface area contributed by atoms with Crippen molar-refractivity contribution < 1.29 is 8.78 Å². The number of piperidine rings is 1. The highest BCUT2D eigenvalue weighted by Crippen LogP contribution is 2.31. The number of nitrogens with zero attached hydrogens (tertiary/aromatic N) is 2. The van der Waals surface area contributed by atoms with Crippen LogP contribution in [0, 0.1) is 5.82 Å². The van der Waals surface area contributed by atoms with E-state index in [1.165, 1.54) is 23.5 Å². The van der Waals surface area contributed by atoms with Crippen LogP contribution in [-0.2, 0) is 0 Å². The molecule has 1 aliphatic rings. The molecule has 0 N–H and O–H groups in total. The van der Waals surface area contributed by atoms with Gasteiger partial charge in [0.05, 0.1) is 16.8 Å². The van der Waals surface area contributed by atoms with Crippen molar-refractivity contribution in [3.05, 3.63) is 24.0 Å². The molecule has 0 amide bonds. The van der Waals surface area contributed by atoms with Crippen LogP contribution in [0.15, 0.2) is 18.2 Å². The van der Waals surface area contributed by atoms with E-state index < -0.39 is 6.17 Å². The SMILES string of the molecule is Fc1ccc2nc(N3CCCC(F)C3)sc2c1. The summed E-state index contributed by atoms with van der Waals surface area (Å²) in [6.45, 7) is 1.24. The lowest BCUT2D eigenvalue weighted by Crippen LogP contribution is -2.36. The van der Waals surface area contributed by atoms with Crippen molar-refractivity contribution in [3.8, 4) is 0 Å². The zero-order chi connectivity index (χ0) is 11.8. The second-order valence-corrected chi connectivity index (χ2v) is 5.30. The van der Waals surface area contributed by atoms with Crippen LogP contribution in [0.4, 0.5) is 13.9 Å². The summed E-state index contributed by atoms with van der Waals surface area (Å²) in [5.41, 5.74) is 0.785. The van der Waals surface area contributed by atoms with E-state index in [2.05, 4.69) is 4.98 Å². The van der Waals surface area contributed by atoms with Crippen LogP contribution in [0.1, 0.15) is 12.8 Å². The van der Waals surface area contributed by atoms with E-state index >= 15 is 0 Å². The molecule has 1 unspecified atom stereocenters. The van der Waals surface area contributed by atoms with Crippen molar-refractivity contribution in [2.24, 2.45) is 0 Å². The van der Waals surface area contributed by atoms with E-state index in [0.717, 1.165) is 28.3 Å². The second kappa shape index (κ2) is 4.22. The Morgan fingerprint density at radius 1 is 1.41 bits per heavy atom. The molecular formula is C12H12F2N2S. The zero-order valence-corrected chi connectivity index (χ0v) is 10.0. The highest BCUT2D eigenvalue weighted by molar-refractivity contribution is 7.22. The summed E-state index contributed by atoms with van der Waals surface area (Å²) in [6.07, 6.45) is 0.717. The molecule has 17 heavy (non-hydrogen) atoms. The van der Waals surface area contributed by atoms with Gasteiger partial charge >= 0.3 is 0 Å². The van der Waals surface area contributed by atoms with Crippen molar-refractivity contribution in [1.29, 1.82) is 0 Å². The summed E-state index contributed by atoms with van der Waals surface area (Å²) in [4.78, 5) is 6.38. The van der Waals surface area contributed by atoms with Crippen LogP contribution in [0.3, 0.4) is 0 Å². The maximum Gasteiger partial charge on any atom is 0.186 e. The van der Waals surface area contributed by atoms with E-state index in [1.54, 1.807) is 6.07 Å².